The normalized spacial score (nSPS) is 14.2. The average Bonchev–Trinajstić information content (AvgIpc) is 3.27. The van der Waals surface area contributed by atoms with Crippen molar-refractivity contribution in [3.63, 3.8) is 0 Å². The number of aromatic nitrogens is 2. The second-order valence-electron chi connectivity index (χ2n) is 7.71. The van der Waals surface area contributed by atoms with Gasteiger partial charge in [-0.15, -0.1) is 0 Å². The molecule has 3 aromatic rings. The first-order valence-electron chi connectivity index (χ1n) is 10.4. The monoisotopic (exact) mass is 413 g/mol. The van der Waals surface area contributed by atoms with Gasteiger partial charge in [0.05, 0.1) is 16.9 Å². The van der Waals surface area contributed by atoms with Crippen LogP contribution in [0.4, 0.5) is 17.2 Å². The zero-order chi connectivity index (χ0) is 21.4. The highest BCUT2D eigenvalue weighted by Gasteiger charge is 2.26. The van der Waals surface area contributed by atoms with Gasteiger partial charge in [-0.3, -0.25) is 0 Å². The summed E-state index contributed by atoms with van der Waals surface area (Å²) in [5.41, 5.74) is 5.90. The molecule has 0 aliphatic carbocycles. The molecule has 2 aromatic carbocycles. The molecular formula is C24H23N5O2. The number of aryl methyl sites for hydroxylation is 1. The fourth-order valence-corrected chi connectivity index (χ4v) is 4.29. The van der Waals surface area contributed by atoms with Gasteiger partial charge in [-0.05, 0) is 43.7 Å². The molecule has 7 nitrogen and oxygen atoms in total. The molecule has 0 unspecified atom stereocenters. The third kappa shape index (κ3) is 3.40. The lowest BCUT2D eigenvalue weighted by Gasteiger charge is -2.34. The fourth-order valence-electron chi connectivity index (χ4n) is 4.29. The third-order valence-corrected chi connectivity index (χ3v) is 5.83. The molecule has 0 bridgehead atoms. The third-order valence-electron chi connectivity index (χ3n) is 5.83. The second-order valence-corrected chi connectivity index (χ2v) is 7.71. The Kier molecular flexibility index (Phi) is 4.83. The zero-order valence-electron chi connectivity index (χ0n) is 17.6. The van der Waals surface area contributed by atoms with Crippen LogP contribution < -0.4 is 19.3 Å². The van der Waals surface area contributed by atoms with Gasteiger partial charge in [0.1, 0.15) is 18.2 Å². The molecule has 0 fully saturated rings. The Morgan fingerprint density at radius 2 is 2.00 bits per heavy atom. The van der Waals surface area contributed by atoms with Crippen molar-refractivity contribution in [3.05, 3.63) is 65.1 Å². The van der Waals surface area contributed by atoms with Gasteiger partial charge in [-0.25, -0.2) is 9.97 Å². The highest BCUT2D eigenvalue weighted by molar-refractivity contribution is 5.69. The molecule has 2 aliphatic rings. The van der Waals surface area contributed by atoms with Crippen LogP contribution in [0.3, 0.4) is 0 Å². The van der Waals surface area contributed by atoms with Crippen molar-refractivity contribution in [2.24, 2.45) is 0 Å². The lowest BCUT2D eigenvalue weighted by Crippen LogP contribution is -2.33. The Morgan fingerprint density at radius 3 is 2.84 bits per heavy atom. The van der Waals surface area contributed by atoms with E-state index >= 15 is 0 Å². The smallest absolute Gasteiger partial charge is 0.231 e. The quantitative estimate of drug-likeness (QED) is 0.637. The van der Waals surface area contributed by atoms with Gasteiger partial charge in [-0.2, -0.15) is 5.26 Å². The molecule has 7 heteroatoms. The summed E-state index contributed by atoms with van der Waals surface area (Å²) >= 11 is 0. The minimum absolute atomic E-state index is 0.251. The SMILES string of the molecule is CCN(c1ccc2c(c1)OCO2)c1ncnc2c1CN(c1ccc(C)cc1C#N)CC2. The summed E-state index contributed by atoms with van der Waals surface area (Å²) in [6.45, 7) is 6.58. The highest BCUT2D eigenvalue weighted by Crippen LogP contribution is 2.39. The highest BCUT2D eigenvalue weighted by atomic mass is 16.7. The van der Waals surface area contributed by atoms with Crippen LogP contribution >= 0.6 is 0 Å². The first kappa shape index (κ1) is 19.2. The van der Waals surface area contributed by atoms with Crippen LogP contribution in [-0.4, -0.2) is 29.9 Å². The summed E-state index contributed by atoms with van der Waals surface area (Å²) < 4.78 is 11.0. The summed E-state index contributed by atoms with van der Waals surface area (Å²) in [5.74, 6) is 2.40. The van der Waals surface area contributed by atoms with Crippen LogP contribution in [0.1, 0.15) is 29.3 Å². The number of hydrogen-bond acceptors (Lipinski definition) is 7. The van der Waals surface area contributed by atoms with E-state index in [1.165, 1.54) is 0 Å². The van der Waals surface area contributed by atoms with E-state index in [-0.39, 0.29) is 6.79 Å². The zero-order valence-corrected chi connectivity index (χ0v) is 17.6. The van der Waals surface area contributed by atoms with E-state index in [1.54, 1.807) is 6.33 Å². The second kappa shape index (κ2) is 7.80. The summed E-state index contributed by atoms with van der Waals surface area (Å²) in [5, 5.41) is 9.64. The Bertz CT molecular complexity index is 1190. The van der Waals surface area contributed by atoms with Crippen molar-refractivity contribution < 1.29 is 9.47 Å². The van der Waals surface area contributed by atoms with Crippen molar-refractivity contribution in [1.29, 1.82) is 5.26 Å². The fraction of sp³-hybridized carbons (Fsp3) is 0.292. The number of nitrogens with zero attached hydrogens (tertiary/aromatic N) is 5. The topological polar surface area (TPSA) is 74.5 Å². The van der Waals surface area contributed by atoms with Crippen LogP contribution in [0.25, 0.3) is 0 Å². The van der Waals surface area contributed by atoms with E-state index in [9.17, 15) is 5.26 Å². The lowest BCUT2D eigenvalue weighted by atomic mass is 10.0. The molecule has 0 atom stereocenters. The number of nitriles is 1. The Morgan fingerprint density at radius 1 is 1.13 bits per heavy atom. The molecule has 3 heterocycles. The molecule has 156 valence electrons. The van der Waals surface area contributed by atoms with E-state index in [1.807, 2.05) is 37.3 Å². The van der Waals surface area contributed by atoms with Crippen molar-refractivity contribution in [1.82, 2.24) is 9.97 Å². The number of anilines is 3. The van der Waals surface area contributed by atoms with E-state index in [2.05, 4.69) is 38.8 Å². The van der Waals surface area contributed by atoms with E-state index in [0.717, 1.165) is 65.0 Å². The first-order chi connectivity index (χ1) is 15.2. The van der Waals surface area contributed by atoms with Crippen LogP contribution in [-0.2, 0) is 13.0 Å². The largest absolute Gasteiger partial charge is 0.454 e. The number of benzene rings is 2. The summed E-state index contributed by atoms with van der Waals surface area (Å²) in [6.07, 6.45) is 2.45. The molecule has 0 spiro atoms. The number of hydrogen-bond donors (Lipinski definition) is 0. The van der Waals surface area contributed by atoms with Gasteiger partial charge in [0.15, 0.2) is 11.5 Å². The molecule has 31 heavy (non-hydrogen) atoms. The predicted octanol–water partition coefficient (Wildman–Crippen LogP) is 4.11. The van der Waals surface area contributed by atoms with Crippen LogP contribution in [0.5, 0.6) is 11.5 Å². The van der Waals surface area contributed by atoms with E-state index < -0.39 is 0 Å². The molecule has 2 aliphatic heterocycles. The van der Waals surface area contributed by atoms with Gasteiger partial charge >= 0.3 is 0 Å². The molecule has 1 aromatic heterocycles. The molecule has 0 saturated heterocycles. The van der Waals surface area contributed by atoms with Gasteiger partial charge in [0.25, 0.3) is 0 Å². The minimum Gasteiger partial charge on any atom is -0.454 e. The van der Waals surface area contributed by atoms with Gasteiger partial charge in [-0.1, -0.05) is 6.07 Å². The molecule has 5 rings (SSSR count). The molecule has 0 saturated carbocycles. The maximum absolute atomic E-state index is 9.64. The van der Waals surface area contributed by atoms with Crippen molar-refractivity contribution in [2.75, 3.05) is 29.7 Å². The Balaban J connectivity index is 1.53. The molecule has 0 amide bonds. The van der Waals surface area contributed by atoms with Crippen molar-refractivity contribution in [3.8, 4) is 17.6 Å². The van der Waals surface area contributed by atoms with Crippen molar-refractivity contribution >= 4 is 17.2 Å². The first-order valence-corrected chi connectivity index (χ1v) is 10.4. The number of rotatable bonds is 4. The minimum atomic E-state index is 0.251. The standard InChI is InChI=1S/C24H23N5O2/c1-3-29(18-5-7-22-23(11-18)31-15-30-22)24-19-13-28(9-8-20(19)26-14-27-24)21-6-4-16(2)10-17(21)12-25/h4-7,10-11,14H,3,8-9,13,15H2,1-2H3. The summed E-state index contributed by atoms with van der Waals surface area (Å²) in [7, 11) is 0. The average molecular weight is 413 g/mol. The molecule has 0 radical (unpaired) electrons. The maximum Gasteiger partial charge on any atom is 0.231 e. The van der Waals surface area contributed by atoms with Crippen LogP contribution in [0.15, 0.2) is 42.7 Å². The van der Waals surface area contributed by atoms with Gasteiger partial charge < -0.3 is 19.3 Å². The van der Waals surface area contributed by atoms with E-state index in [4.69, 9.17) is 9.47 Å². The summed E-state index contributed by atoms with van der Waals surface area (Å²) in [6, 6.07) is 14.3. The van der Waals surface area contributed by atoms with Crippen molar-refractivity contribution in [2.45, 2.75) is 26.8 Å². The predicted molar refractivity (Wildman–Crippen MR) is 118 cm³/mol. The Hall–Kier alpha value is -3.79. The maximum atomic E-state index is 9.64. The van der Waals surface area contributed by atoms with Gasteiger partial charge in [0.2, 0.25) is 6.79 Å². The number of fused-ring (bicyclic) bond motifs is 2. The molecular weight excluding hydrogens is 390 g/mol. The van der Waals surface area contributed by atoms with Crippen LogP contribution in [0.2, 0.25) is 0 Å². The number of ether oxygens (including phenoxy) is 2. The molecule has 0 N–H and O–H groups in total. The summed E-state index contributed by atoms with van der Waals surface area (Å²) in [4.78, 5) is 13.7. The van der Waals surface area contributed by atoms with Crippen LogP contribution in [0, 0.1) is 18.3 Å². The van der Waals surface area contributed by atoms with Gasteiger partial charge in [0, 0.05) is 43.4 Å². The van der Waals surface area contributed by atoms with E-state index in [0.29, 0.717) is 12.1 Å². The lowest BCUT2D eigenvalue weighted by molar-refractivity contribution is 0.174. The Labute approximate surface area is 181 Å².